The summed E-state index contributed by atoms with van der Waals surface area (Å²) in [6.07, 6.45) is 7.91. The van der Waals surface area contributed by atoms with Crippen molar-refractivity contribution in [1.29, 1.82) is 0 Å². The van der Waals surface area contributed by atoms with Crippen molar-refractivity contribution in [2.45, 2.75) is 25.3 Å². The smallest absolute Gasteiger partial charge is 0.0950 e. The van der Waals surface area contributed by atoms with Crippen molar-refractivity contribution in [3.8, 4) is 0 Å². The Bertz CT molecular complexity index is 322. The van der Waals surface area contributed by atoms with Gasteiger partial charge in [-0.25, -0.2) is 0 Å². The molecule has 104 valence electrons. The van der Waals surface area contributed by atoms with Crippen molar-refractivity contribution in [3.05, 3.63) is 24.2 Å². The Labute approximate surface area is 121 Å². The van der Waals surface area contributed by atoms with E-state index in [-0.39, 0.29) is 24.8 Å². The molecule has 0 radical (unpaired) electrons. The first-order valence-corrected chi connectivity index (χ1v) is 6.40. The van der Waals surface area contributed by atoms with E-state index in [1.807, 2.05) is 6.26 Å². The maximum absolute atomic E-state index is 5.25. The van der Waals surface area contributed by atoms with Crippen LogP contribution in [0.15, 0.2) is 23.0 Å². The fourth-order valence-electron chi connectivity index (χ4n) is 2.62. The summed E-state index contributed by atoms with van der Waals surface area (Å²) >= 11 is 0. The number of furan rings is 1. The van der Waals surface area contributed by atoms with Gasteiger partial charge >= 0.3 is 0 Å². The lowest BCUT2D eigenvalue weighted by molar-refractivity contribution is 0.160. The molecule has 18 heavy (non-hydrogen) atoms. The third kappa shape index (κ3) is 3.89. The monoisotopic (exact) mass is 292 g/mol. The van der Waals surface area contributed by atoms with E-state index in [4.69, 9.17) is 4.42 Å². The van der Waals surface area contributed by atoms with Gasteiger partial charge in [0.1, 0.15) is 0 Å². The van der Waals surface area contributed by atoms with Crippen LogP contribution in [0.25, 0.3) is 0 Å². The second-order valence-electron chi connectivity index (χ2n) is 5.04. The largest absolute Gasteiger partial charge is 0.472 e. The molecule has 1 N–H and O–H groups in total. The molecule has 0 unspecified atom stereocenters. The van der Waals surface area contributed by atoms with Gasteiger partial charge in [-0.15, -0.1) is 24.8 Å². The van der Waals surface area contributed by atoms with Crippen molar-refractivity contribution in [3.63, 3.8) is 0 Å². The highest BCUT2D eigenvalue weighted by Gasteiger charge is 2.30. The van der Waals surface area contributed by atoms with Crippen LogP contribution in [-0.2, 0) is 0 Å². The standard InChI is InChI=1S/C13H20N2O.2ClH/c1-2-11(1)9-13(12-3-8-16-10-12)15-6-4-14-5-7-15;;/h3,8,10-11,13-14H,1-2,4-7,9H2;2*1H/t13-;;/m1../s1. The summed E-state index contributed by atoms with van der Waals surface area (Å²) in [4.78, 5) is 2.61. The third-order valence-corrected chi connectivity index (χ3v) is 3.77. The Balaban J connectivity index is 0.000000810. The molecular formula is C13H22Cl2N2O. The zero-order chi connectivity index (χ0) is 10.8. The number of nitrogens with one attached hydrogen (secondary N) is 1. The molecule has 1 aliphatic carbocycles. The van der Waals surface area contributed by atoms with E-state index in [1.54, 1.807) is 6.26 Å². The minimum atomic E-state index is 0. The summed E-state index contributed by atoms with van der Waals surface area (Å²) in [5.41, 5.74) is 1.37. The molecule has 5 heteroatoms. The van der Waals surface area contributed by atoms with E-state index in [2.05, 4.69) is 16.3 Å². The van der Waals surface area contributed by atoms with Gasteiger partial charge < -0.3 is 9.73 Å². The lowest BCUT2D eigenvalue weighted by Crippen LogP contribution is -2.45. The van der Waals surface area contributed by atoms with Gasteiger partial charge in [0.2, 0.25) is 0 Å². The molecule has 1 saturated heterocycles. The van der Waals surface area contributed by atoms with Crippen LogP contribution < -0.4 is 5.32 Å². The third-order valence-electron chi connectivity index (χ3n) is 3.77. The highest BCUT2D eigenvalue weighted by Crippen LogP contribution is 2.40. The Hall–Kier alpha value is -0.220. The molecule has 1 atom stereocenters. The van der Waals surface area contributed by atoms with Crippen LogP contribution in [0.5, 0.6) is 0 Å². The summed E-state index contributed by atoms with van der Waals surface area (Å²) in [6, 6.07) is 2.73. The first-order chi connectivity index (χ1) is 7.93. The SMILES string of the molecule is Cl.Cl.c1cc([C@@H](CC2CC2)N2CCNCC2)co1. The number of rotatable bonds is 4. The summed E-state index contributed by atoms with van der Waals surface area (Å²) in [7, 11) is 0. The van der Waals surface area contributed by atoms with E-state index in [0.29, 0.717) is 6.04 Å². The van der Waals surface area contributed by atoms with Gasteiger partial charge in [-0.1, -0.05) is 12.8 Å². The number of halogens is 2. The zero-order valence-corrected chi connectivity index (χ0v) is 12.1. The molecule has 1 aromatic heterocycles. The summed E-state index contributed by atoms with van der Waals surface area (Å²) < 4.78 is 5.25. The zero-order valence-electron chi connectivity index (χ0n) is 10.5. The van der Waals surface area contributed by atoms with Crippen LogP contribution in [-0.4, -0.2) is 31.1 Å². The van der Waals surface area contributed by atoms with E-state index in [1.165, 1.54) is 37.9 Å². The predicted octanol–water partition coefficient (Wildman–Crippen LogP) is 2.87. The highest BCUT2D eigenvalue weighted by molar-refractivity contribution is 5.85. The van der Waals surface area contributed by atoms with Crippen LogP contribution in [0.2, 0.25) is 0 Å². The van der Waals surface area contributed by atoms with Crippen LogP contribution >= 0.6 is 24.8 Å². The van der Waals surface area contributed by atoms with Crippen molar-refractivity contribution < 1.29 is 4.42 Å². The highest BCUT2D eigenvalue weighted by atomic mass is 35.5. The molecule has 2 fully saturated rings. The van der Waals surface area contributed by atoms with Gasteiger partial charge in [-0.3, -0.25) is 4.90 Å². The number of hydrogen-bond donors (Lipinski definition) is 1. The fraction of sp³-hybridized carbons (Fsp3) is 0.692. The molecule has 1 aliphatic heterocycles. The van der Waals surface area contributed by atoms with E-state index >= 15 is 0 Å². The second-order valence-corrected chi connectivity index (χ2v) is 5.04. The van der Waals surface area contributed by atoms with Crippen molar-refractivity contribution in [2.75, 3.05) is 26.2 Å². The van der Waals surface area contributed by atoms with E-state index < -0.39 is 0 Å². The maximum atomic E-state index is 5.25. The fourth-order valence-corrected chi connectivity index (χ4v) is 2.62. The average Bonchev–Trinajstić information content (AvgIpc) is 3.00. The molecule has 0 bridgehead atoms. The molecule has 0 spiro atoms. The molecule has 3 rings (SSSR count). The minimum Gasteiger partial charge on any atom is -0.472 e. The lowest BCUT2D eigenvalue weighted by Gasteiger charge is -2.34. The molecule has 1 saturated carbocycles. The van der Waals surface area contributed by atoms with E-state index in [9.17, 15) is 0 Å². The molecule has 2 aliphatic rings. The van der Waals surface area contributed by atoms with Crippen molar-refractivity contribution >= 4 is 24.8 Å². The summed E-state index contributed by atoms with van der Waals surface area (Å²) in [6.45, 7) is 4.59. The molecule has 3 nitrogen and oxygen atoms in total. The van der Waals surface area contributed by atoms with Crippen LogP contribution in [0, 0.1) is 5.92 Å². The van der Waals surface area contributed by atoms with Gasteiger partial charge in [-0.2, -0.15) is 0 Å². The Kier molecular flexibility index (Phi) is 6.50. The van der Waals surface area contributed by atoms with Gasteiger partial charge in [0.25, 0.3) is 0 Å². The normalized spacial score (nSPS) is 21.8. The first kappa shape index (κ1) is 15.8. The topological polar surface area (TPSA) is 28.4 Å². The molecule has 0 aromatic carbocycles. The van der Waals surface area contributed by atoms with Crippen LogP contribution in [0.1, 0.15) is 30.9 Å². The molecule has 2 heterocycles. The van der Waals surface area contributed by atoms with Gasteiger partial charge in [0, 0.05) is 37.8 Å². The molecular weight excluding hydrogens is 271 g/mol. The number of hydrogen-bond acceptors (Lipinski definition) is 3. The Morgan fingerprint density at radius 3 is 2.56 bits per heavy atom. The van der Waals surface area contributed by atoms with Crippen molar-refractivity contribution in [2.24, 2.45) is 5.92 Å². The predicted molar refractivity (Wildman–Crippen MR) is 77.7 cm³/mol. The Morgan fingerprint density at radius 2 is 2.00 bits per heavy atom. The van der Waals surface area contributed by atoms with Gasteiger partial charge in [0.05, 0.1) is 12.5 Å². The second kappa shape index (κ2) is 7.39. The summed E-state index contributed by atoms with van der Waals surface area (Å²) in [5.74, 6) is 0.967. The minimum absolute atomic E-state index is 0. The van der Waals surface area contributed by atoms with Crippen LogP contribution in [0.3, 0.4) is 0 Å². The van der Waals surface area contributed by atoms with E-state index in [0.717, 1.165) is 19.0 Å². The molecule has 1 aromatic rings. The van der Waals surface area contributed by atoms with Gasteiger partial charge in [-0.05, 0) is 18.4 Å². The lowest BCUT2D eigenvalue weighted by atomic mass is 10.0. The first-order valence-electron chi connectivity index (χ1n) is 6.40. The maximum Gasteiger partial charge on any atom is 0.0950 e. The quantitative estimate of drug-likeness (QED) is 0.925. The molecule has 0 amide bonds. The van der Waals surface area contributed by atoms with Crippen LogP contribution in [0.4, 0.5) is 0 Å². The Morgan fingerprint density at radius 1 is 1.28 bits per heavy atom. The summed E-state index contributed by atoms with van der Waals surface area (Å²) in [5, 5.41) is 3.42. The van der Waals surface area contributed by atoms with Crippen molar-refractivity contribution in [1.82, 2.24) is 10.2 Å². The number of piperazine rings is 1. The van der Waals surface area contributed by atoms with Gasteiger partial charge in [0.15, 0.2) is 0 Å². The number of nitrogens with zero attached hydrogens (tertiary/aromatic N) is 1. The average molecular weight is 293 g/mol.